The van der Waals surface area contributed by atoms with Crippen LogP contribution in [0.4, 0.5) is 28.4 Å². The van der Waals surface area contributed by atoms with Crippen molar-refractivity contribution in [3.63, 3.8) is 0 Å². The van der Waals surface area contributed by atoms with Crippen LogP contribution < -0.4 is 15.5 Å². The maximum atomic E-state index is 3.77. The normalized spacial score (nSPS) is 11.6. The van der Waals surface area contributed by atoms with Gasteiger partial charge in [0.2, 0.25) is 0 Å². The average molecular weight is 688 g/mol. The van der Waals surface area contributed by atoms with Crippen molar-refractivity contribution in [1.29, 1.82) is 0 Å². The Kier molecular flexibility index (Phi) is 10.6. The van der Waals surface area contributed by atoms with Gasteiger partial charge in [0.15, 0.2) is 0 Å². The van der Waals surface area contributed by atoms with E-state index in [1.54, 1.807) is 0 Å². The van der Waals surface area contributed by atoms with Crippen molar-refractivity contribution in [2.24, 2.45) is 0 Å². The monoisotopic (exact) mass is 687 g/mol. The molecule has 0 radical (unpaired) electrons. The highest BCUT2D eigenvalue weighted by Crippen LogP contribution is 2.35. The molecule has 0 saturated carbocycles. The van der Waals surface area contributed by atoms with Crippen LogP contribution in [0.2, 0.25) is 0 Å². The Hall–Kier alpha value is -6.58. The standard InChI is InChI=1S/C50H45N3/c1-36-10-26-44(27-11-36)51-49(42-8-6-5-7-9-42)50(52-45-28-12-37(2)13-29-45)43-24-20-40(21-25-43)18-19-41-22-34-48(35-23-41)53(46-30-14-38(3)15-31-46)47-32-16-39(4)17-33-47/h5-35,51-52H,1-4H3. The van der Waals surface area contributed by atoms with Crippen molar-refractivity contribution in [2.75, 3.05) is 15.5 Å². The molecule has 0 saturated heterocycles. The molecule has 7 aromatic rings. The van der Waals surface area contributed by atoms with E-state index in [1.165, 1.54) is 22.3 Å². The second-order valence-corrected chi connectivity index (χ2v) is 13.7. The maximum absolute atomic E-state index is 3.77. The third-order valence-electron chi connectivity index (χ3n) is 9.36. The Morgan fingerprint density at radius 2 is 0.679 bits per heavy atom. The molecular weight excluding hydrogens is 643 g/mol. The quantitative estimate of drug-likeness (QED) is 0.133. The number of anilines is 5. The molecule has 260 valence electrons. The molecule has 0 aromatic heterocycles. The topological polar surface area (TPSA) is 27.3 Å². The van der Waals surface area contributed by atoms with Crippen molar-refractivity contribution in [2.45, 2.75) is 27.7 Å². The highest BCUT2D eigenvalue weighted by Gasteiger charge is 2.15. The van der Waals surface area contributed by atoms with E-state index >= 15 is 0 Å². The molecule has 3 heteroatoms. The summed E-state index contributed by atoms with van der Waals surface area (Å²) in [6.45, 7) is 8.47. The minimum absolute atomic E-state index is 0.999. The Bertz CT molecular complexity index is 2250. The zero-order valence-electron chi connectivity index (χ0n) is 30.8. The minimum Gasteiger partial charge on any atom is -0.353 e. The van der Waals surface area contributed by atoms with Gasteiger partial charge in [0.05, 0.1) is 11.4 Å². The molecule has 0 spiro atoms. The van der Waals surface area contributed by atoms with E-state index in [2.05, 4.69) is 231 Å². The first kappa shape index (κ1) is 34.9. The predicted molar refractivity (Wildman–Crippen MR) is 229 cm³/mol. The van der Waals surface area contributed by atoms with Crippen molar-refractivity contribution < 1.29 is 0 Å². The summed E-state index contributed by atoms with van der Waals surface area (Å²) in [6, 6.07) is 62.5. The van der Waals surface area contributed by atoms with Gasteiger partial charge in [0.25, 0.3) is 0 Å². The number of hydrogen-bond acceptors (Lipinski definition) is 3. The summed E-state index contributed by atoms with van der Waals surface area (Å²) >= 11 is 0. The first-order chi connectivity index (χ1) is 25.9. The Morgan fingerprint density at radius 1 is 0.358 bits per heavy atom. The molecule has 3 nitrogen and oxygen atoms in total. The van der Waals surface area contributed by atoms with Gasteiger partial charge < -0.3 is 15.5 Å². The molecule has 7 aromatic carbocycles. The fraction of sp³-hybridized carbons (Fsp3) is 0.0800. The van der Waals surface area contributed by atoms with E-state index in [0.717, 1.165) is 62.1 Å². The second-order valence-electron chi connectivity index (χ2n) is 13.7. The van der Waals surface area contributed by atoms with Crippen LogP contribution in [0.3, 0.4) is 0 Å². The van der Waals surface area contributed by atoms with Crippen molar-refractivity contribution in [3.05, 3.63) is 220 Å². The zero-order chi connectivity index (χ0) is 36.6. The summed E-state index contributed by atoms with van der Waals surface area (Å²) in [6.07, 6.45) is 4.35. The molecule has 7 rings (SSSR count). The van der Waals surface area contributed by atoms with E-state index in [-0.39, 0.29) is 0 Å². The van der Waals surface area contributed by atoms with Crippen molar-refractivity contribution in [3.8, 4) is 0 Å². The smallest absolute Gasteiger partial charge is 0.0703 e. The number of nitrogens with zero attached hydrogens (tertiary/aromatic N) is 1. The fourth-order valence-corrected chi connectivity index (χ4v) is 6.25. The molecular formula is C50H45N3. The lowest BCUT2D eigenvalue weighted by Crippen LogP contribution is -2.09. The first-order valence-electron chi connectivity index (χ1n) is 18.2. The van der Waals surface area contributed by atoms with Gasteiger partial charge >= 0.3 is 0 Å². The van der Waals surface area contributed by atoms with Crippen LogP contribution in [-0.2, 0) is 0 Å². The summed E-state index contributed by atoms with van der Waals surface area (Å²) in [5.41, 5.74) is 16.8. The molecule has 0 amide bonds. The highest BCUT2D eigenvalue weighted by atomic mass is 15.1. The second kappa shape index (κ2) is 16.2. The Balaban J connectivity index is 1.18. The fourth-order valence-electron chi connectivity index (χ4n) is 6.25. The molecule has 0 unspecified atom stereocenters. The average Bonchev–Trinajstić information content (AvgIpc) is 3.19. The van der Waals surface area contributed by atoms with Crippen LogP contribution in [0.25, 0.3) is 23.5 Å². The van der Waals surface area contributed by atoms with Crippen LogP contribution in [0.1, 0.15) is 44.5 Å². The van der Waals surface area contributed by atoms with E-state index in [1.807, 2.05) is 0 Å². The molecule has 0 aliphatic carbocycles. The van der Waals surface area contributed by atoms with Crippen LogP contribution in [0.5, 0.6) is 0 Å². The van der Waals surface area contributed by atoms with E-state index in [4.69, 9.17) is 0 Å². The third kappa shape index (κ3) is 8.84. The number of aryl methyl sites for hydroxylation is 4. The summed E-state index contributed by atoms with van der Waals surface area (Å²) in [7, 11) is 0. The summed E-state index contributed by atoms with van der Waals surface area (Å²) in [5, 5.41) is 7.52. The van der Waals surface area contributed by atoms with Crippen LogP contribution >= 0.6 is 0 Å². The maximum Gasteiger partial charge on any atom is 0.0703 e. The van der Waals surface area contributed by atoms with Crippen molar-refractivity contribution in [1.82, 2.24) is 0 Å². The largest absolute Gasteiger partial charge is 0.353 e. The lowest BCUT2D eigenvalue weighted by atomic mass is 10.0. The Labute approximate surface area is 314 Å². The summed E-state index contributed by atoms with van der Waals surface area (Å²) in [5.74, 6) is 0. The molecule has 0 aliphatic rings. The first-order valence-corrected chi connectivity index (χ1v) is 18.2. The van der Waals surface area contributed by atoms with Gasteiger partial charge in [-0.25, -0.2) is 0 Å². The zero-order valence-corrected chi connectivity index (χ0v) is 30.8. The summed E-state index contributed by atoms with van der Waals surface area (Å²) in [4.78, 5) is 2.30. The predicted octanol–water partition coefficient (Wildman–Crippen LogP) is 13.6. The molecule has 53 heavy (non-hydrogen) atoms. The van der Waals surface area contributed by atoms with Gasteiger partial charge in [0, 0.05) is 39.6 Å². The molecule has 0 fully saturated rings. The van der Waals surface area contributed by atoms with Gasteiger partial charge in [0.1, 0.15) is 0 Å². The number of hydrogen-bond donors (Lipinski definition) is 2. The van der Waals surface area contributed by atoms with E-state index < -0.39 is 0 Å². The van der Waals surface area contributed by atoms with Gasteiger partial charge in [-0.05, 0) is 99.5 Å². The Morgan fingerprint density at radius 3 is 1.08 bits per heavy atom. The number of nitrogens with one attached hydrogen (secondary N) is 2. The third-order valence-corrected chi connectivity index (χ3v) is 9.36. The van der Waals surface area contributed by atoms with E-state index in [0.29, 0.717) is 0 Å². The van der Waals surface area contributed by atoms with Gasteiger partial charge in [-0.1, -0.05) is 150 Å². The van der Waals surface area contributed by atoms with Crippen LogP contribution in [-0.4, -0.2) is 0 Å². The number of rotatable bonds is 11. The summed E-state index contributed by atoms with van der Waals surface area (Å²) < 4.78 is 0. The number of benzene rings is 7. The highest BCUT2D eigenvalue weighted by molar-refractivity contribution is 6.00. The van der Waals surface area contributed by atoms with Gasteiger partial charge in [-0.15, -0.1) is 0 Å². The van der Waals surface area contributed by atoms with Crippen LogP contribution in [0, 0.1) is 27.7 Å². The van der Waals surface area contributed by atoms with Gasteiger partial charge in [-0.3, -0.25) is 0 Å². The van der Waals surface area contributed by atoms with Crippen molar-refractivity contribution >= 4 is 52.0 Å². The van der Waals surface area contributed by atoms with Gasteiger partial charge in [-0.2, -0.15) is 0 Å². The molecule has 0 aliphatic heterocycles. The van der Waals surface area contributed by atoms with E-state index in [9.17, 15) is 0 Å². The SMILES string of the molecule is Cc1ccc(NC(=C(Nc2ccc(C)cc2)c2ccc(C=Cc3ccc(N(c4ccc(C)cc4)c4ccc(C)cc4)cc3)cc2)c2ccccc2)cc1. The molecule has 2 N–H and O–H groups in total. The lowest BCUT2D eigenvalue weighted by molar-refractivity contribution is 1.27. The molecule has 0 bridgehead atoms. The molecule has 0 heterocycles. The lowest BCUT2D eigenvalue weighted by Gasteiger charge is -2.25. The molecule has 0 atom stereocenters. The van der Waals surface area contributed by atoms with Crippen LogP contribution in [0.15, 0.2) is 176 Å². The minimum atomic E-state index is 0.999.